The van der Waals surface area contributed by atoms with Crippen LogP contribution in [0.3, 0.4) is 0 Å². The second kappa shape index (κ2) is 6.16. The van der Waals surface area contributed by atoms with Crippen LogP contribution in [0.4, 0.5) is 5.82 Å². The highest BCUT2D eigenvalue weighted by molar-refractivity contribution is 5.42. The molecule has 0 aromatic carbocycles. The maximum absolute atomic E-state index is 9.04. The number of nitrogens with two attached hydrogens (primary N) is 1. The van der Waals surface area contributed by atoms with Gasteiger partial charge in [-0.05, 0) is 49.8 Å². The van der Waals surface area contributed by atoms with Crippen LogP contribution in [-0.4, -0.2) is 29.8 Å². The topological polar surface area (TPSA) is 62.4 Å². The minimum Gasteiger partial charge on any atom is -0.396 e. The van der Waals surface area contributed by atoms with Crippen molar-refractivity contribution in [1.29, 1.82) is 0 Å². The van der Waals surface area contributed by atoms with Crippen LogP contribution in [0.2, 0.25) is 0 Å². The second-order valence-electron chi connectivity index (χ2n) is 5.20. The summed E-state index contributed by atoms with van der Waals surface area (Å²) in [6.07, 6.45) is 5.12. The van der Waals surface area contributed by atoms with Crippen LogP contribution in [0.25, 0.3) is 0 Å². The Hall–Kier alpha value is -1.13. The predicted molar refractivity (Wildman–Crippen MR) is 73.5 cm³/mol. The highest BCUT2D eigenvalue weighted by Crippen LogP contribution is 2.24. The smallest absolute Gasteiger partial charge is 0.128 e. The summed E-state index contributed by atoms with van der Waals surface area (Å²) in [7, 11) is 0. The van der Waals surface area contributed by atoms with Gasteiger partial charge in [0.05, 0.1) is 0 Å². The highest BCUT2D eigenvalue weighted by atomic mass is 16.3. The molecule has 1 aliphatic rings. The number of hydrogen-bond acceptors (Lipinski definition) is 4. The van der Waals surface area contributed by atoms with Gasteiger partial charge in [0.1, 0.15) is 5.82 Å². The zero-order valence-corrected chi connectivity index (χ0v) is 11.0. The first-order chi connectivity index (χ1) is 8.70. The van der Waals surface area contributed by atoms with E-state index in [1.807, 2.05) is 19.2 Å². The van der Waals surface area contributed by atoms with Gasteiger partial charge in [-0.25, -0.2) is 4.98 Å². The molecule has 2 atom stereocenters. The predicted octanol–water partition coefficient (Wildman–Crippen LogP) is 1.70. The molecule has 1 saturated heterocycles. The van der Waals surface area contributed by atoms with E-state index < -0.39 is 0 Å². The van der Waals surface area contributed by atoms with E-state index in [1.54, 1.807) is 0 Å². The summed E-state index contributed by atoms with van der Waals surface area (Å²) in [4.78, 5) is 6.76. The van der Waals surface area contributed by atoms with E-state index in [9.17, 15) is 0 Å². The molecule has 1 aromatic heterocycles. The van der Waals surface area contributed by atoms with Gasteiger partial charge in [-0.15, -0.1) is 0 Å². The van der Waals surface area contributed by atoms with Crippen molar-refractivity contribution in [2.24, 2.45) is 11.7 Å². The summed E-state index contributed by atoms with van der Waals surface area (Å²) >= 11 is 0. The van der Waals surface area contributed by atoms with Gasteiger partial charge >= 0.3 is 0 Å². The molecule has 0 saturated carbocycles. The number of anilines is 1. The quantitative estimate of drug-likeness (QED) is 0.852. The van der Waals surface area contributed by atoms with E-state index in [2.05, 4.69) is 16.0 Å². The van der Waals surface area contributed by atoms with Crippen molar-refractivity contribution < 1.29 is 5.11 Å². The molecule has 18 heavy (non-hydrogen) atoms. The molecule has 1 aliphatic heterocycles. The van der Waals surface area contributed by atoms with Crippen LogP contribution in [-0.2, 0) is 0 Å². The molecular formula is C14H23N3O. The van der Waals surface area contributed by atoms with Gasteiger partial charge < -0.3 is 15.7 Å². The molecule has 3 N–H and O–H groups in total. The molecule has 0 bridgehead atoms. The largest absolute Gasteiger partial charge is 0.396 e. The molecular weight excluding hydrogens is 226 g/mol. The van der Waals surface area contributed by atoms with Crippen LogP contribution in [0.15, 0.2) is 18.3 Å². The molecule has 100 valence electrons. The molecule has 1 unspecified atom stereocenters. The summed E-state index contributed by atoms with van der Waals surface area (Å²) in [5.41, 5.74) is 7.04. The Morgan fingerprint density at radius 2 is 2.44 bits per heavy atom. The van der Waals surface area contributed by atoms with E-state index in [0.29, 0.717) is 5.92 Å². The summed E-state index contributed by atoms with van der Waals surface area (Å²) in [6.45, 7) is 4.32. The normalized spacial score (nSPS) is 21.9. The molecule has 1 fully saturated rings. The molecule has 2 rings (SSSR count). The number of aliphatic hydroxyl groups excluding tert-OH is 1. The Morgan fingerprint density at radius 1 is 1.61 bits per heavy atom. The van der Waals surface area contributed by atoms with Crippen molar-refractivity contribution in [1.82, 2.24) is 4.98 Å². The van der Waals surface area contributed by atoms with Crippen molar-refractivity contribution in [2.45, 2.75) is 32.2 Å². The summed E-state index contributed by atoms with van der Waals surface area (Å²) in [6, 6.07) is 4.11. The van der Waals surface area contributed by atoms with Gasteiger partial charge in [-0.2, -0.15) is 0 Å². The zero-order chi connectivity index (χ0) is 13.0. The Morgan fingerprint density at radius 3 is 3.17 bits per heavy atom. The van der Waals surface area contributed by atoms with Crippen LogP contribution < -0.4 is 10.6 Å². The highest BCUT2D eigenvalue weighted by Gasteiger charge is 2.20. The van der Waals surface area contributed by atoms with Crippen molar-refractivity contribution in [3.63, 3.8) is 0 Å². The fraction of sp³-hybridized carbons (Fsp3) is 0.643. The van der Waals surface area contributed by atoms with Crippen molar-refractivity contribution in [3.8, 4) is 0 Å². The van der Waals surface area contributed by atoms with E-state index in [4.69, 9.17) is 10.8 Å². The van der Waals surface area contributed by atoms with E-state index in [1.165, 1.54) is 12.8 Å². The van der Waals surface area contributed by atoms with Crippen molar-refractivity contribution in [3.05, 3.63) is 23.9 Å². The summed E-state index contributed by atoms with van der Waals surface area (Å²) in [5, 5.41) is 9.04. The fourth-order valence-electron chi connectivity index (χ4n) is 2.58. The lowest BCUT2D eigenvalue weighted by Gasteiger charge is -2.33. The number of piperidine rings is 1. The average Bonchev–Trinajstić information content (AvgIpc) is 2.39. The van der Waals surface area contributed by atoms with Crippen LogP contribution >= 0.6 is 0 Å². The van der Waals surface area contributed by atoms with Crippen LogP contribution in [0, 0.1) is 5.92 Å². The Balaban J connectivity index is 2.08. The number of nitrogens with zero attached hydrogens (tertiary/aromatic N) is 2. The van der Waals surface area contributed by atoms with Gasteiger partial charge in [0.15, 0.2) is 0 Å². The van der Waals surface area contributed by atoms with E-state index in [-0.39, 0.29) is 12.6 Å². The third kappa shape index (κ3) is 3.21. The molecule has 0 radical (unpaired) electrons. The molecule has 0 amide bonds. The van der Waals surface area contributed by atoms with Crippen LogP contribution in [0.1, 0.15) is 37.8 Å². The maximum Gasteiger partial charge on any atom is 0.128 e. The molecule has 4 nitrogen and oxygen atoms in total. The van der Waals surface area contributed by atoms with Gasteiger partial charge in [0, 0.05) is 31.9 Å². The Labute approximate surface area is 109 Å². The zero-order valence-electron chi connectivity index (χ0n) is 11.0. The lowest BCUT2D eigenvalue weighted by Crippen LogP contribution is -2.36. The van der Waals surface area contributed by atoms with Gasteiger partial charge in [-0.3, -0.25) is 0 Å². The molecule has 0 spiro atoms. The van der Waals surface area contributed by atoms with Crippen molar-refractivity contribution >= 4 is 5.82 Å². The number of aliphatic hydroxyl groups is 1. The third-order valence-corrected chi connectivity index (χ3v) is 3.68. The first-order valence-electron chi connectivity index (χ1n) is 6.78. The molecule has 4 heteroatoms. The second-order valence-corrected chi connectivity index (χ2v) is 5.20. The monoisotopic (exact) mass is 249 g/mol. The first kappa shape index (κ1) is 13.3. The first-order valence-corrected chi connectivity index (χ1v) is 6.78. The third-order valence-electron chi connectivity index (χ3n) is 3.68. The maximum atomic E-state index is 9.04. The van der Waals surface area contributed by atoms with Crippen LogP contribution in [0.5, 0.6) is 0 Å². The summed E-state index contributed by atoms with van der Waals surface area (Å²) < 4.78 is 0. The standard InChI is InChI=1S/C14H23N3O/c1-11(15)13-4-6-16-14(9-13)17-7-2-3-12(10-17)5-8-18/h4,6,9,11-12,18H,2-3,5,7-8,10,15H2,1H3/t11-,12?/m0/s1. The number of rotatable bonds is 4. The SMILES string of the molecule is C[C@H](N)c1ccnc(N2CCCC(CCO)C2)c1. The lowest BCUT2D eigenvalue weighted by atomic mass is 9.95. The fourth-order valence-corrected chi connectivity index (χ4v) is 2.58. The van der Waals surface area contributed by atoms with Crippen molar-refractivity contribution in [2.75, 3.05) is 24.6 Å². The summed E-state index contributed by atoms with van der Waals surface area (Å²) in [5.74, 6) is 1.61. The van der Waals surface area contributed by atoms with E-state index >= 15 is 0 Å². The number of aromatic nitrogens is 1. The Bertz CT molecular complexity index is 379. The lowest BCUT2D eigenvalue weighted by molar-refractivity contribution is 0.244. The number of hydrogen-bond donors (Lipinski definition) is 2. The van der Waals surface area contributed by atoms with Gasteiger partial charge in [0.2, 0.25) is 0 Å². The molecule has 1 aromatic rings. The minimum absolute atomic E-state index is 0.0461. The minimum atomic E-state index is 0.0461. The molecule has 2 heterocycles. The number of pyridine rings is 1. The van der Waals surface area contributed by atoms with Gasteiger partial charge in [-0.1, -0.05) is 0 Å². The Kier molecular flexibility index (Phi) is 4.55. The molecule has 0 aliphatic carbocycles. The van der Waals surface area contributed by atoms with E-state index in [0.717, 1.165) is 30.9 Å². The average molecular weight is 249 g/mol. The van der Waals surface area contributed by atoms with Gasteiger partial charge in [0.25, 0.3) is 0 Å².